The first-order valence-electron chi connectivity index (χ1n) is 3.56. The lowest BCUT2D eigenvalue weighted by Gasteiger charge is -2.14. The molecule has 0 aliphatic rings. The van der Waals surface area contributed by atoms with E-state index in [0.717, 1.165) is 6.92 Å². The minimum Gasteiger partial charge on any atom is -0.465 e. The van der Waals surface area contributed by atoms with Crippen LogP contribution in [0.1, 0.15) is 6.92 Å². The molecule has 3 N–H and O–H groups in total. The van der Waals surface area contributed by atoms with Crippen LogP contribution in [0.25, 0.3) is 0 Å². The summed E-state index contributed by atoms with van der Waals surface area (Å²) in [6.07, 6.45) is -7.63. The lowest BCUT2D eigenvalue weighted by molar-refractivity contribution is -0.126. The molecule has 2 amide bonds. The summed E-state index contributed by atoms with van der Waals surface area (Å²) in [4.78, 5) is 20.8. The van der Waals surface area contributed by atoms with Gasteiger partial charge in [-0.3, -0.25) is 4.79 Å². The van der Waals surface area contributed by atoms with Gasteiger partial charge in [-0.05, 0) is 6.92 Å². The maximum atomic E-state index is 12.2. The molecule has 0 saturated carbocycles. The van der Waals surface area contributed by atoms with Crippen LogP contribution in [-0.4, -0.2) is 35.9 Å². The number of carbonyl (C=O) groups is 2. The molecule has 0 spiro atoms. The molecule has 0 bridgehead atoms. The van der Waals surface area contributed by atoms with Crippen molar-refractivity contribution in [3.63, 3.8) is 0 Å². The van der Waals surface area contributed by atoms with Crippen molar-refractivity contribution in [1.82, 2.24) is 10.6 Å². The minimum atomic E-state index is -3.34. The molecule has 0 saturated heterocycles. The number of alkyl halides is 3. The Bertz CT molecular complexity index is 224. The highest BCUT2D eigenvalue weighted by atomic mass is 19.3. The summed E-state index contributed by atoms with van der Waals surface area (Å²) < 4.78 is 35.4. The Hall–Kier alpha value is -1.47. The smallest absolute Gasteiger partial charge is 0.405 e. The Morgan fingerprint density at radius 1 is 1.21 bits per heavy atom. The fourth-order valence-corrected chi connectivity index (χ4v) is 0.575. The molecule has 0 aromatic carbocycles. The largest absolute Gasteiger partial charge is 0.465 e. The first kappa shape index (κ1) is 12.5. The van der Waals surface area contributed by atoms with Crippen molar-refractivity contribution in [3.8, 4) is 0 Å². The Balaban J connectivity index is 4.01. The summed E-state index contributed by atoms with van der Waals surface area (Å²) in [7, 11) is 0. The van der Waals surface area contributed by atoms with Crippen LogP contribution < -0.4 is 10.6 Å². The van der Waals surface area contributed by atoms with Crippen molar-refractivity contribution >= 4 is 12.0 Å². The zero-order valence-corrected chi connectivity index (χ0v) is 7.13. The first-order chi connectivity index (χ1) is 6.34. The second-order valence-corrected chi connectivity index (χ2v) is 2.42. The predicted molar refractivity (Wildman–Crippen MR) is 39.7 cm³/mol. The van der Waals surface area contributed by atoms with E-state index < -0.39 is 30.8 Å². The SMILES string of the molecule is CC(NC(=O)O)C(=O)NC(F)C(F)F. The van der Waals surface area contributed by atoms with Crippen LogP contribution in [0.2, 0.25) is 0 Å². The Kier molecular flexibility index (Phi) is 4.74. The van der Waals surface area contributed by atoms with Gasteiger partial charge >= 0.3 is 6.09 Å². The van der Waals surface area contributed by atoms with Crippen molar-refractivity contribution in [3.05, 3.63) is 0 Å². The van der Waals surface area contributed by atoms with Crippen LogP contribution in [0, 0.1) is 0 Å². The molecule has 0 aliphatic heterocycles. The molecule has 8 heteroatoms. The number of rotatable bonds is 4. The highest BCUT2D eigenvalue weighted by Crippen LogP contribution is 2.01. The monoisotopic (exact) mass is 214 g/mol. The minimum absolute atomic E-state index is 1.10. The highest BCUT2D eigenvalue weighted by Gasteiger charge is 2.24. The average molecular weight is 214 g/mol. The molecule has 2 atom stereocenters. The lowest BCUT2D eigenvalue weighted by Crippen LogP contribution is -2.48. The van der Waals surface area contributed by atoms with E-state index in [1.165, 1.54) is 5.32 Å². The topological polar surface area (TPSA) is 78.4 Å². The molecule has 0 radical (unpaired) electrons. The van der Waals surface area contributed by atoms with Gasteiger partial charge in [0.15, 0.2) is 0 Å². The van der Waals surface area contributed by atoms with Gasteiger partial charge in [-0.2, -0.15) is 0 Å². The Morgan fingerprint density at radius 2 is 1.71 bits per heavy atom. The third-order valence-corrected chi connectivity index (χ3v) is 1.23. The maximum Gasteiger partial charge on any atom is 0.405 e. The van der Waals surface area contributed by atoms with Gasteiger partial charge in [0.2, 0.25) is 12.2 Å². The summed E-state index contributed by atoms with van der Waals surface area (Å²) in [6.45, 7) is 1.10. The molecule has 0 heterocycles. The molecular formula is C6H9F3N2O3. The summed E-state index contributed by atoms with van der Waals surface area (Å²) in [5, 5.41) is 11.1. The number of hydrogen-bond acceptors (Lipinski definition) is 2. The van der Waals surface area contributed by atoms with Crippen molar-refractivity contribution < 1.29 is 27.9 Å². The van der Waals surface area contributed by atoms with E-state index in [1.807, 2.05) is 0 Å². The standard InChI is InChI=1S/C6H9F3N2O3/c1-2(10-6(13)14)5(12)11-4(9)3(7)8/h2-4,10H,1H3,(H,11,12)(H,13,14). The number of halogens is 3. The summed E-state index contributed by atoms with van der Waals surface area (Å²) in [5.74, 6) is -1.15. The summed E-state index contributed by atoms with van der Waals surface area (Å²) >= 11 is 0. The van der Waals surface area contributed by atoms with E-state index in [-0.39, 0.29) is 0 Å². The van der Waals surface area contributed by atoms with Crippen molar-refractivity contribution in [2.24, 2.45) is 0 Å². The molecule has 0 aromatic rings. The third-order valence-electron chi connectivity index (χ3n) is 1.23. The Morgan fingerprint density at radius 3 is 2.07 bits per heavy atom. The van der Waals surface area contributed by atoms with Crippen molar-refractivity contribution in [1.29, 1.82) is 0 Å². The molecule has 0 aliphatic carbocycles. The number of hydrogen-bond donors (Lipinski definition) is 3. The fourth-order valence-electron chi connectivity index (χ4n) is 0.575. The zero-order valence-electron chi connectivity index (χ0n) is 7.13. The van der Waals surface area contributed by atoms with E-state index in [4.69, 9.17) is 5.11 Å². The molecule has 14 heavy (non-hydrogen) atoms. The number of carbonyl (C=O) groups excluding carboxylic acids is 1. The second-order valence-electron chi connectivity index (χ2n) is 2.42. The van der Waals surface area contributed by atoms with Crippen LogP contribution in [0.4, 0.5) is 18.0 Å². The van der Waals surface area contributed by atoms with Gasteiger partial charge in [0.05, 0.1) is 0 Å². The van der Waals surface area contributed by atoms with Crippen LogP contribution in [0.15, 0.2) is 0 Å². The molecule has 2 unspecified atom stereocenters. The summed E-state index contributed by atoms with van der Waals surface area (Å²) in [5.41, 5.74) is 0. The van der Waals surface area contributed by atoms with E-state index in [2.05, 4.69) is 0 Å². The second kappa shape index (κ2) is 5.30. The first-order valence-corrected chi connectivity index (χ1v) is 3.56. The van der Waals surface area contributed by atoms with Crippen LogP contribution in [-0.2, 0) is 4.79 Å². The van der Waals surface area contributed by atoms with Gasteiger partial charge in [0.1, 0.15) is 6.04 Å². The fraction of sp³-hybridized carbons (Fsp3) is 0.667. The van der Waals surface area contributed by atoms with E-state index in [1.54, 1.807) is 5.32 Å². The maximum absolute atomic E-state index is 12.2. The van der Waals surface area contributed by atoms with Crippen LogP contribution in [0.3, 0.4) is 0 Å². The normalized spacial score (nSPS) is 14.6. The number of carboxylic acid groups (broad SMARTS) is 1. The number of nitrogens with one attached hydrogen (secondary N) is 2. The van der Waals surface area contributed by atoms with Gasteiger partial charge in [-0.1, -0.05) is 0 Å². The van der Waals surface area contributed by atoms with Crippen molar-refractivity contribution in [2.45, 2.75) is 25.7 Å². The van der Waals surface area contributed by atoms with E-state index >= 15 is 0 Å². The van der Waals surface area contributed by atoms with Gasteiger partial charge < -0.3 is 15.7 Å². The molecular weight excluding hydrogens is 205 g/mol. The van der Waals surface area contributed by atoms with E-state index in [0.29, 0.717) is 0 Å². The summed E-state index contributed by atoms with van der Waals surface area (Å²) in [6, 6.07) is -1.29. The van der Waals surface area contributed by atoms with Gasteiger partial charge in [-0.25, -0.2) is 18.0 Å². The lowest BCUT2D eigenvalue weighted by atomic mass is 10.3. The molecule has 5 nitrogen and oxygen atoms in total. The molecule has 0 fully saturated rings. The quantitative estimate of drug-likeness (QED) is 0.589. The predicted octanol–water partition coefficient (Wildman–Crippen LogP) is 0.319. The number of amides is 2. The van der Waals surface area contributed by atoms with E-state index in [9.17, 15) is 22.8 Å². The highest BCUT2D eigenvalue weighted by molar-refractivity contribution is 5.84. The zero-order chi connectivity index (χ0) is 11.3. The Labute approximate surface area is 77.3 Å². The van der Waals surface area contributed by atoms with Gasteiger partial charge in [0, 0.05) is 0 Å². The third kappa shape index (κ3) is 4.53. The molecule has 82 valence electrons. The van der Waals surface area contributed by atoms with Gasteiger partial charge in [-0.15, -0.1) is 0 Å². The molecule has 0 rings (SSSR count). The van der Waals surface area contributed by atoms with Crippen molar-refractivity contribution in [2.75, 3.05) is 0 Å². The molecule has 0 aromatic heterocycles. The van der Waals surface area contributed by atoms with Crippen LogP contribution >= 0.6 is 0 Å². The van der Waals surface area contributed by atoms with Gasteiger partial charge in [0.25, 0.3) is 6.43 Å². The average Bonchev–Trinajstić information content (AvgIpc) is 2.02. The van der Waals surface area contributed by atoms with Crippen LogP contribution in [0.5, 0.6) is 0 Å².